The van der Waals surface area contributed by atoms with Crippen molar-refractivity contribution in [3.8, 4) is 0 Å². The zero-order valence-electron chi connectivity index (χ0n) is 15.7. The van der Waals surface area contributed by atoms with Gasteiger partial charge >= 0.3 is 6.03 Å². The molecule has 0 saturated carbocycles. The van der Waals surface area contributed by atoms with Crippen molar-refractivity contribution in [1.82, 2.24) is 4.90 Å². The lowest BCUT2D eigenvalue weighted by atomic mass is 9.93. The molecule has 1 aromatic rings. The van der Waals surface area contributed by atoms with Crippen molar-refractivity contribution >= 4 is 11.7 Å². The van der Waals surface area contributed by atoms with Crippen LogP contribution in [0.1, 0.15) is 70.4 Å². The second-order valence-corrected chi connectivity index (χ2v) is 7.68. The number of benzene rings is 1. The first-order valence-electron chi connectivity index (χ1n) is 9.17. The summed E-state index contributed by atoms with van der Waals surface area (Å²) in [5.74, 6) is 1.00. The number of nitrogens with one attached hydrogen (secondary N) is 1. The molecule has 0 aliphatic carbocycles. The number of hydrogen-bond acceptors (Lipinski definition) is 2. The lowest BCUT2D eigenvalue weighted by Gasteiger charge is -2.34. The van der Waals surface area contributed by atoms with Gasteiger partial charge in [-0.15, -0.1) is 0 Å². The number of piperidine rings is 1. The monoisotopic (exact) mass is 332 g/mol. The molecule has 134 valence electrons. The molecule has 4 heteroatoms. The van der Waals surface area contributed by atoms with Crippen LogP contribution >= 0.6 is 0 Å². The molecule has 2 N–H and O–H groups in total. The van der Waals surface area contributed by atoms with Crippen LogP contribution in [0, 0.1) is 5.92 Å². The van der Waals surface area contributed by atoms with Gasteiger partial charge < -0.3 is 15.3 Å². The number of carbonyl (C=O) groups is 1. The third-order valence-corrected chi connectivity index (χ3v) is 5.03. The number of hydrogen-bond donors (Lipinski definition) is 2. The molecular weight excluding hydrogens is 300 g/mol. The number of nitrogens with zero attached hydrogens (tertiary/aromatic N) is 1. The van der Waals surface area contributed by atoms with Crippen LogP contribution in [0.2, 0.25) is 0 Å². The Bertz CT molecular complexity index is 567. The van der Waals surface area contributed by atoms with E-state index in [2.05, 4.69) is 45.1 Å². The molecule has 1 fully saturated rings. The van der Waals surface area contributed by atoms with Gasteiger partial charge in [-0.3, -0.25) is 0 Å². The number of likely N-dealkylation sites (tertiary alicyclic amines) is 1. The minimum absolute atomic E-state index is 0.0560. The molecule has 1 aromatic carbocycles. The van der Waals surface area contributed by atoms with Crippen molar-refractivity contribution in [3.63, 3.8) is 0 Å². The van der Waals surface area contributed by atoms with E-state index in [4.69, 9.17) is 0 Å². The van der Waals surface area contributed by atoms with Crippen LogP contribution in [-0.2, 0) is 0 Å². The molecule has 0 spiro atoms. The SMILES string of the molecule is CC(C)c1ccc(NC(=O)N2CCC[C@H]([C@H](C)O)C2)c(C(C)C)c1. The number of urea groups is 1. The van der Waals surface area contributed by atoms with E-state index >= 15 is 0 Å². The van der Waals surface area contributed by atoms with Crippen LogP contribution in [0.4, 0.5) is 10.5 Å². The number of amides is 2. The molecule has 24 heavy (non-hydrogen) atoms. The average Bonchev–Trinajstić information content (AvgIpc) is 2.54. The minimum Gasteiger partial charge on any atom is -0.393 e. The molecule has 0 bridgehead atoms. The van der Waals surface area contributed by atoms with Gasteiger partial charge in [0.2, 0.25) is 0 Å². The second kappa shape index (κ2) is 8.02. The first-order valence-corrected chi connectivity index (χ1v) is 9.17. The van der Waals surface area contributed by atoms with Gasteiger partial charge in [-0.2, -0.15) is 0 Å². The zero-order chi connectivity index (χ0) is 17.9. The van der Waals surface area contributed by atoms with Gasteiger partial charge in [-0.05, 0) is 48.8 Å². The van der Waals surface area contributed by atoms with Gasteiger partial charge in [-0.25, -0.2) is 4.79 Å². The van der Waals surface area contributed by atoms with Crippen LogP contribution in [0.25, 0.3) is 0 Å². The Hall–Kier alpha value is -1.55. The van der Waals surface area contributed by atoms with E-state index < -0.39 is 0 Å². The molecule has 1 saturated heterocycles. The van der Waals surface area contributed by atoms with Crippen LogP contribution in [0.5, 0.6) is 0 Å². The number of aliphatic hydroxyl groups is 1. The molecule has 0 radical (unpaired) electrons. The summed E-state index contributed by atoms with van der Waals surface area (Å²) in [6, 6.07) is 6.28. The summed E-state index contributed by atoms with van der Waals surface area (Å²) in [4.78, 5) is 14.5. The summed E-state index contributed by atoms with van der Waals surface area (Å²) >= 11 is 0. The average molecular weight is 332 g/mol. The second-order valence-electron chi connectivity index (χ2n) is 7.68. The van der Waals surface area contributed by atoms with Gasteiger partial charge in [0.1, 0.15) is 0 Å². The molecule has 0 aromatic heterocycles. The van der Waals surface area contributed by atoms with Gasteiger partial charge in [0.15, 0.2) is 0 Å². The molecule has 2 amide bonds. The van der Waals surface area contributed by atoms with Crippen LogP contribution in [0.3, 0.4) is 0 Å². The van der Waals surface area contributed by atoms with E-state index in [1.807, 2.05) is 17.9 Å². The predicted molar refractivity (Wildman–Crippen MR) is 99.6 cm³/mol. The third-order valence-electron chi connectivity index (χ3n) is 5.03. The lowest BCUT2D eigenvalue weighted by Crippen LogP contribution is -2.44. The number of anilines is 1. The molecule has 4 nitrogen and oxygen atoms in total. The van der Waals surface area contributed by atoms with Gasteiger partial charge in [-0.1, -0.05) is 39.8 Å². The van der Waals surface area contributed by atoms with Crippen LogP contribution in [-0.4, -0.2) is 35.2 Å². The van der Waals surface area contributed by atoms with Crippen molar-refractivity contribution in [2.45, 2.75) is 65.4 Å². The summed E-state index contributed by atoms with van der Waals surface area (Å²) in [7, 11) is 0. The standard InChI is InChI=1S/C20H32N2O2/c1-13(2)16-8-9-19(18(11-16)14(3)4)21-20(24)22-10-6-7-17(12-22)15(5)23/h8-9,11,13-15,17,23H,6-7,10,12H2,1-5H3,(H,21,24)/t15-,17-/m0/s1. The highest BCUT2D eigenvalue weighted by atomic mass is 16.3. The van der Waals surface area contributed by atoms with Gasteiger partial charge in [0, 0.05) is 24.7 Å². The maximum atomic E-state index is 12.7. The largest absolute Gasteiger partial charge is 0.393 e. The van der Waals surface area contributed by atoms with Crippen LogP contribution < -0.4 is 5.32 Å². The summed E-state index contributed by atoms with van der Waals surface area (Å²) in [6.45, 7) is 11.9. The summed E-state index contributed by atoms with van der Waals surface area (Å²) in [5, 5.41) is 12.9. The fourth-order valence-corrected chi connectivity index (χ4v) is 3.31. The highest BCUT2D eigenvalue weighted by Crippen LogP contribution is 2.29. The fraction of sp³-hybridized carbons (Fsp3) is 0.650. The Morgan fingerprint density at radius 3 is 2.50 bits per heavy atom. The van der Waals surface area contributed by atoms with Crippen molar-refractivity contribution < 1.29 is 9.90 Å². The summed E-state index contributed by atoms with van der Waals surface area (Å²) < 4.78 is 0. The van der Waals surface area contributed by atoms with Crippen molar-refractivity contribution in [2.75, 3.05) is 18.4 Å². The third kappa shape index (κ3) is 4.50. The minimum atomic E-state index is -0.364. The smallest absolute Gasteiger partial charge is 0.321 e. The van der Waals surface area contributed by atoms with E-state index in [9.17, 15) is 9.90 Å². The Balaban J connectivity index is 2.13. The molecule has 0 unspecified atom stereocenters. The van der Waals surface area contributed by atoms with Gasteiger partial charge in [0.05, 0.1) is 6.10 Å². The number of aliphatic hydroxyl groups excluding tert-OH is 1. The number of rotatable bonds is 4. The quantitative estimate of drug-likeness (QED) is 0.849. The molecule has 1 aliphatic rings. The highest BCUT2D eigenvalue weighted by molar-refractivity contribution is 5.90. The first-order chi connectivity index (χ1) is 11.3. The predicted octanol–water partition coefficient (Wildman–Crippen LogP) is 4.56. The van der Waals surface area contributed by atoms with Gasteiger partial charge in [0.25, 0.3) is 0 Å². The Kier molecular flexibility index (Phi) is 6.27. The Morgan fingerprint density at radius 2 is 1.92 bits per heavy atom. The van der Waals surface area contributed by atoms with Crippen molar-refractivity contribution in [1.29, 1.82) is 0 Å². The highest BCUT2D eigenvalue weighted by Gasteiger charge is 2.27. The molecule has 2 rings (SSSR count). The number of carbonyl (C=O) groups excluding carboxylic acids is 1. The molecular formula is C20H32N2O2. The van der Waals surface area contributed by atoms with E-state index in [0.29, 0.717) is 18.4 Å². The van der Waals surface area contributed by atoms with E-state index in [1.165, 1.54) is 11.1 Å². The molecule has 1 heterocycles. The fourth-order valence-electron chi connectivity index (χ4n) is 3.31. The maximum Gasteiger partial charge on any atom is 0.321 e. The first kappa shape index (κ1) is 18.8. The van der Waals surface area contributed by atoms with E-state index in [-0.39, 0.29) is 18.1 Å². The van der Waals surface area contributed by atoms with Crippen molar-refractivity contribution in [3.05, 3.63) is 29.3 Å². The zero-order valence-corrected chi connectivity index (χ0v) is 15.7. The summed E-state index contributed by atoms with van der Waals surface area (Å²) in [6.07, 6.45) is 1.57. The lowest BCUT2D eigenvalue weighted by molar-refractivity contribution is 0.0766. The van der Waals surface area contributed by atoms with Crippen molar-refractivity contribution in [2.24, 2.45) is 5.92 Å². The van der Waals surface area contributed by atoms with E-state index in [0.717, 1.165) is 25.1 Å². The molecule has 1 aliphatic heterocycles. The topological polar surface area (TPSA) is 52.6 Å². The molecule has 2 atom stereocenters. The normalized spacial score (nSPS) is 19.7. The maximum absolute atomic E-state index is 12.7. The van der Waals surface area contributed by atoms with E-state index in [1.54, 1.807) is 0 Å². The Labute approximate surface area is 146 Å². The summed E-state index contributed by atoms with van der Waals surface area (Å²) in [5.41, 5.74) is 3.38. The van der Waals surface area contributed by atoms with Crippen LogP contribution in [0.15, 0.2) is 18.2 Å². The Morgan fingerprint density at radius 1 is 1.21 bits per heavy atom.